The molecule has 0 aliphatic carbocycles. The standard InChI is InChI=1S/C20H34N4O/c1-5-21-20(22-15-18-10-8-12-23(3)16-18)24(4)13-14-25-19-11-7-6-9-17(19)2/h6-7,9,11,18H,5,8,10,12-16H2,1-4H3,(H,21,22). The zero-order valence-corrected chi connectivity index (χ0v) is 16.3. The van der Waals surface area contributed by atoms with E-state index in [1.54, 1.807) is 0 Å². The first-order valence-corrected chi connectivity index (χ1v) is 9.46. The predicted octanol–water partition coefficient (Wildman–Crippen LogP) is 2.61. The zero-order chi connectivity index (χ0) is 18.1. The number of likely N-dealkylation sites (N-methyl/N-ethyl adjacent to an activating group) is 1. The molecule has 0 amide bonds. The molecule has 0 aromatic heterocycles. The minimum atomic E-state index is 0.651. The van der Waals surface area contributed by atoms with Crippen molar-refractivity contribution in [2.24, 2.45) is 10.9 Å². The molecule has 25 heavy (non-hydrogen) atoms. The molecule has 1 aromatic carbocycles. The van der Waals surface area contributed by atoms with Crippen LogP contribution in [0, 0.1) is 12.8 Å². The quantitative estimate of drug-likeness (QED) is 0.609. The second-order valence-corrected chi connectivity index (χ2v) is 7.00. The minimum absolute atomic E-state index is 0.651. The molecule has 1 unspecified atom stereocenters. The Hall–Kier alpha value is -1.75. The maximum atomic E-state index is 5.91. The van der Waals surface area contributed by atoms with E-state index in [0.717, 1.165) is 37.9 Å². The zero-order valence-electron chi connectivity index (χ0n) is 16.3. The highest BCUT2D eigenvalue weighted by Crippen LogP contribution is 2.16. The first-order valence-electron chi connectivity index (χ1n) is 9.46. The number of aryl methyl sites for hydroxylation is 1. The Bertz CT molecular complexity index is 546. The highest BCUT2D eigenvalue weighted by atomic mass is 16.5. The predicted molar refractivity (Wildman–Crippen MR) is 106 cm³/mol. The van der Waals surface area contributed by atoms with Crippen molar-refractivity contribution < 1.29 is 4.74 Å². The van der Waals surface area contributed by atoms with E-state index in [4.69, 9.17) is 9.73 Å². The molecular weight excluding hydrogens is 312 g/mol. The molecule has 0 radical (unpaired) electrons. The molecule has 1 N–H and O–H groups in total. The number of para-hydroxylation sites is 1. The normalized spacial score (nSPS) is 18.9. The number of nitrogens with one attached hydrogen (secondary N) is 1. The van der Waals surface area contributed by atoms with Gasteiger partial charge in [0, 0.05) is 26.7 Å². The minimum Gasteiger partial charge on any atom is -0.491 e. The van der Waals surface area contributed by atoms with Crippen molar-refractivity contribution in [2.75, 3.05) is 53.4 Å². The van der Waals surface area contributed by atoms with Gasteiger partial charge in [-0.1, -0.05) is 18.2 Å². The molecule has 5 nitrogen and oxygen atoms in total. The van der Waals surface area contributed by atoms with E-state index < -0.39 is 0 Å². The fourth-order valence-electron chi connectivity index (χ4n) is 3.22. The van der Waals surface area contributed by atoms with Crippen LogP contribution in [0.4, 0.5) is 0 Å². The summed E-state index contributed by atoms with van der Waals surface area (Å²) >= 11 is 0. The average molecular weight is 347 g/mol. The molecule has 1 aromatic rings. The number of hydrogen-bond donors (Lipinski definition) is 1. The number of rotatable bonds is 7. The molecule has 1 aliphatic rings. The van der Waals surface area contributed by atoms with E-state index in [9.17, 15) is 0 Å². The number of piperidine rings is 1. The van der Waals surface area contributed by atoms with Gasteiger partial charge < -0.3 is 19.9 Å². The van der Waals surface area contributed by atoms with Crippen molar-refractivity contribution in [1.29, 1.82) is 0 Å². The second kappa shape index (κ2) is 10.3. The Morgan fingerprint density at radius 3 is 2.92 bits per heavy atom. The van der Waals surface area contributed by atoms with E-state index in [1.165, 1.54) is 24.9 Å². The molecule has 1 fully saturated rings. The van der Waals surface area contributed by atoms with E-state index >= 15 is 0 Å². The Balaban J connectivity index is 1.83. The molecular formula is C20H34N4O. The van der Waals surface area contributed by atoms with Gasteiger partial charge >= 0.3 is 0 Å². The van der Waals surface area contributed by atoms with Gasteiger partial charge in [0.2, 0.25) is 0 Å². The number of benzene rings is 1. The van der Waals surface area contributed by atoms with Crippen molar-refractivity contribution in [3.63, 3.8) is 0 Å². The Kier molecular flexibility index (Phi) is 8.06. The number of ether oxygens (including phenoxy) is 1. The van der Waals surface area contributed by atoms with E-state index in [-0.39, 0.29) is 0 Å². The number of aliphatic imine (C=N–C) groups is 1. The number of likely N-dealkylation sites (tertiary alicyclic amines) is 1. The third kappa shape index (κ3) is 6.58. The topological polar surface area (TPSA) is 40.1 Å². The first kappa shape index (κ1) is 19.6. The lowest BCUT2D eigenvalue weighted by Crippen LogP contribution is -2.41. The lowest BCUT2D eigenvalue weighted by Gasteiger charge is -2.29. The summed E-state index contributed by atoms with van der Waals surface area (Å²) in [6.07, 6.45) is 2.57. The van der Waals surface area contributed by atoms with Crippen molar-refractivity contribution >= 4 is 5.96 Å². The highest BCUT2D eigenvalue weighted by molar-refractivity contribution is 5.79. The van der Waals surface area contributed by atoms with Crippen LogP contribution in [-0.2, 0) is 0 Å². The third-order valence-electron chi connectivity index (χ3n) is 4.70. The first-order chi connectivity index (χ1) is 12.1. The molecule has 5 heteroatoms. The van der Waals surface area contributed by atoms with Gasteiger partial charge in [-0.25, -0.2) is 0 Å². The highest BCUT2D eigenvalue weighted by Gasteiger charge is 2.17. The summed E-state index contributed by atoms with van der Waals surface area (Å²) in [5.41, 5.74) is 1.17. The van der Waals surface area contributed by atoms with Crippen LogP contribution in [0.2, 0.25) is 0 Å². The molecule has 140 valence electrons. The fraction of sp³-hybridized carbons (Fsp3) is 0.650. The van der Waals surface area contributed by atoms with Gasteiger partial charge in [0.05, 0.1) is 6.54 Å². The molecule has 0 saturated carbocycles. The summed E-state index contributed by atoms with van der Waals surface area (Å²) in [7, 11) is 4.28. The number of nitrogens with zero attached hydrogens (tertiary/aromatic N) is 3. The summed E-state index contributed by atoms with van der Waals surface area (Å²) in [6.45, 7) is 9.80. The van der Waals surface area contributed by atoms with Crippen molar-refractivity contribution in [2.45, 2.75) is 26.7 Å². The largest absolute Gasteiger partial charge is 0.491 e. The molecule has 1 atom stereocenters. The van der Waals surface area contributed by atoms with Crippen LogP contribution < -0.4 is 10.1 Å². The lowest BCUT2D eigenvalue weighted by molar-refractivity contribution is 0.214. The summed E-state index contributed by atoms with van der Waals surface area (Å²) < 4.78 is 5.91. The third-order valence-corrected chi connectivity index (χ3v) is 4.70. The summed E-state index contributed by atoms with van der Waals surface area (Å²) in [5, 5.41) is 3.40. The molecule has 0 spiro atoms. The van der Waals surface area contributed by atoms with E-state index in [2.05, 4.69) is 49.1 Å². The number of guanidine groups is 1. The van der Waals surface area contributed by atoms with Crippen molar-refractivity contribution in [3.05, 3.63) is 29.8 Å². The molecule has 2 rings (SSSR count). The molecule has 1 saturated heterocycles. The van der Waals surface area contributed by atoms with Crippen LogP contribution in [0.1, 0.15) is 25.3 Å². The summed E-state index contributed by atoms with van der Waals surface area (Å²) in [4.78, 5) is 9.44. The van der Waals surface area contributed by atoms with Gasteiger partial charge in [0.1, 0.15) is 12.4 Å². The number of hydrogen-bond acceptors (Lipinski definition) is 3. The van der Waals surface area contributed by atoms with Gasteiger partial charge in [-0.15, -0.1) is 0 Å². The molecule has 1 aliphatic heterocycles. The molecule has 0 bridgehead atoms. The second-order valence-electron chi connectivity index (χ2n) is 7.00. The Morgan fingerprint density at radius 1 is 1.40 bits per heavy atom. The van der Waals surface area contributed by atoms with Crippen molar-refractivity contribution in [3.8, 4) is 5.75 Å². The van der Waals surface area contributed by atoms with Gasteiger partial charge in [-0.2, -0.15) is 0 Å². The molecule has 1 heterocycles. The fourth-order valence-corrected chi connectivity index (χ4v) is 3.22. The van der Waals surface area contributed by atoms with Crippen LogP contribution in [0.25, 0.3) is 0 Å². The summed E-state index contributed by atoms with van der Waals surface area (Å²) in [6, 6.07) is 8.14. The van der Waals surface area contributed by atoms with Crippen molar-refractivity contribution in [1.82, 2.24) is 15.1 Å². The monoisotopic (exact) mass is 346 g/mol. The van der Waals surface area contributed by atoms with Crippen LogP contribution in [0.5, 0.6) is 5.75 Å². The summed E-state index contributed by atoms with van der Waals surface area (Å²) in [5.74, 6) is 2.61. The van der Waals surface area contributed by atoms with Gasteiger partial charge in [-0.3, -0.25) is 4.99 Å². The maximum absolute atomic E-state index is 5.91. The Morgan fingerprint density at radius 2 is 2.20 bits per heavy atom. The SMILES string of the molecule is CCNC(=NCC1CCCN(C)C1)N(C)CCOc1ccccc1C. The Labute approximate surface area is 153 Å². The van der Waals surface area contributed by atoms with Gasteiger partial charge in [0.25, 0.3) is 0 Å². The van der Waals surface area contributed by atoms with Crippen LogP contribution in [0.15, 0.2) is 29.3 Å². The lowest BCUT2D eigenvalue weighted by atomic mass is 9.99. The van der Waals surface area contributed by atoms with E-state index in [0.29, 0.717) is 12.5 Å². The van der Waals surface area contributed by atoms with Crippen LogP contribution in [0.3, 0.4) is 0 Å². The maximum Gasteiger partial charge on any atom is 0.193 e. The average Bonchev–Trinajstić information content (AvgIpc) is 2.60. The van der Waals surface area contributed by atoms with Crippen LogP contribution >= 0.6 is 0 Å². The smallest absolute Gasteiger partial charge is 0.193 e. The van der Waals surface area contributed by atoms with E-state index in [1.807, 2.05) is 18.2 Å². The van der Waals surface area contributed by atoms with Crippen LogP contribution in [-0.4, -0.2) is 69.2 Å². The van der Waals surface area contributed by atoms with Gasteiger partial charge in [0.15, 0.2) is 5.96 Å². The van der Waals surface area contributed by atoms with Gasteiger partial charge in [-0.05, 0) is 57.8 Å².